The first-order chi connectivity index (χ1) is 12.1. The smallest absolute Gasteiger partial charge is 0.150 e. The SMILES string of the molecule is CC.CC1=C(C=O)C(c2ccc(F)cc2Cl)N=C(c2ccncc2)N1. The average Bonchev–Trinajstić information content (AvgIpc) is 2.63. The fraction of sp³-hybridized carbons (Fsp3) is 0.211. The van der Waals surface area contributed by atoms with Crippen LogP contribution in [-0.4, -0.2) is 17.1 Å². The summed E-state index contributed by atoms with van der Waals surface area (Å²) in [6.45, 7) is 5.80. The Morgan fingerprint density at radius 1 is 1.20 bits per heavy atom. The van der Waals surface area contributed by atoms with Crippen molar-refractivity contribution in [2.45, 2.75) is 26.8 Å². The summed E-state index contributed by atoms with van der Waals surface area (Å²) in [7, 11) is 0. The lowest BCUT2D eigenvalue weighted by Crippen LogP contribution is -2.30. The van der Waals surface area contributed by atoms with Crippen LogP contribution in [0.15, 0.2) is 59.0 Å². The lowest BCUT2D eigenvalue weighted by molar-refractivity contribution is -0.105. The van der Waals surface area contributed by atoms with Crippen LogP contribution in [0.4, 0.5) is 4.39 Å². The van der Waals surface area contributed by atoms with Gasteiger partial charge >= 0.3 is 0 Å². The van der Waals surface area contributed by atoms with E-state index in [9.17, 15) is 9.18 Å². The number of hydrogen-bond acceptors (Lipinski definition) is 4. The summed E-state index contributed by atoms with van der Waals surface area (Å²) in [6, 6.07) is 7.13. The molecule has 0 bridgehead atoms. The van der Waals surface area contributed by atoms with E-state index in [0.29, 0.717) is 22.7 Å². The lowest BCUT2D eigenvalue weighted by Gasteiger charge is -2.25. The van der Waals surface area contributed by atoms with Crippen molar-refractivity contribution >= 4 is 23.7 Å². The minimum absolute atomic E-state index is 0.238. The number of aldehydes is 1. The van der Waals surface area contributed by atoms with Gasteiger partial charge in [0.05, 0.1) is 0 Å². The first kappa shape index (κ1) is 18.8. The molecule has 1 aliphatic heterocycles. The third-order valence-corrected chi connectivity index (χ3v) is 3.96. The minimum Gasteiger partial charge on any atom is -0.343 e. The van der Waals surface area contributed by atoms with Gasteiger partial charge in [0.15, 0.2) is 0 Å². The summed E-state index contributed by atoms with van der Waals surface area (Å²) in [6.07, 6.45) is 4.07. The number of nitrogens with zero attached hydrogens (tertiary/aromatic N) is 2. The van der Waals surface area contributed by atoms with E-state index in [1.807, 2.05) is 26.0 Å². The van der Waals surface area contributed by atoms with Crippen LogP contribution in [0.5, 0.6) is 0 Å². The molecule has 2 aromatic rings. The van der Waals surface area contributed by atoms with Crippen LogP contribution in [0.1, 0.15) is 37.9 Å². The van der Waals surface area contributed by atoms with Crippen molar-refractivity contribution in [3.05, 3.63) is 76.0 Å². The third kappa shape index (κ3) is 4.12. The zero-order chi connectivity index (χ0) is 18.4. The molecule has 1 aromatic heterocycles. The van der Waals surface area contributed by atoms with Crippen molar-refractivity contribution in [2.24, 2.45) is 4.99 Å². The highest BCUT2D eigenvalue weighted by molar-refractivity contribution is 6.31. The van der Waals surface area contributed by atoms with Gasteiger partial charge in [0.25, 0.3) is 0 Å². The summed E-state index contributed by atoms with van der Waals surface area (Å²) >= 11 is 6.15. The second-order valence-corrected chi connectivity index (χ2v) is 5.51. The number of allylic oxidation sites excluding steroid dienone is 1. The molecule has 3 rings (SSSR count). The molecule has 0 fully saturated rings. The van der Waals surface area contributed by atoms with Gasteiger partial charge in [0.2, 0.25) is 0 Å². The van der Waals surface area contributed by atoms with E-state index in [1.54, 1.807) is 25.4 Å². The molecule has 2 heterocycles. The number of nitrogens with one attached hydrogen (secondary N) is 1. The van der Waals surface area contributed by atoms with E-state index in [2.05, 4.69) is 15.3 Å². The molecule has 1 N–H and O–H groups in total. The van der Waals surface area contributed by atoms with Crippen LogP contribution in [0.2, 0.25) is 5.02 Å². The molecule has 0 radical (unpaired) electrons. The topological polar surface area (TPSA) is 54.4 Å². The molecule has 6 heteroatoms. The molecule has 1 aliphatic rings. The monoisotopic (exact) mass is 359 g/mol. The zero-order valence-corrected chi connectivity index (χ0v) is 15.0. The minimum atomic E-state index is -0.579. The first-order valence-electron chi connectivity index (χ1n) is 7.96. The molecular formula is C19H19ClFN3O. The number of carbonyl (C=O) groups excluding carboxylic acids is 1. The van der Waals surface area contributed by atoms with Gasteiger partial charge in [-0.05, 0) is 31.2 Å². The van der Waals surface area contributed by atoms with Gasteiger partial charge < -0.3 is 5.32 Å². The second-order valence-electron chi connectivity index (χ2n) is 5.11. The fourth-order valence-electron chi connectivity index (χ4n) is 2.46. The number of rotatable bonds is 3. The van der Waals surface area contributed by atoms with Crippen molar-refractivity contribution in [1.29, 1.82) is 0 Å². The molecule has 0 spiro atoms. The second kappa shape index (κ2) is 8.53. The molecule has 130 valence electrons. The van der Waals surface area contributed by atoms with Crippen molar-refractivity contribution < 1.29 is 9.18 Å². The van der Waals surface area contributed by atoms with Gasteiger partial charge in [0.1, 0.15) is 24.0 Å². The highest BCUT2D eigenvalue weighted by atomic mass is 35.5. The highest BCUT2D eigenvalue weighted by Crippen LogP contribution is 2.34. The van der Waals surface area contributed by atoms with Crippen molar-refractivity contribution in [1.82, 2.24) is 10.3 Å². The number of aromatic nitrogens is 1. The average molecular weight is 360 g/mol. The van der Waals surface area contributed by atoms with E-state index >= 15 is 0 Å². The fourth-order valence-corrected chi connectivity index (χ4v) is 2.73. The molecule has 1 aromatic carbocycles. The number of carbonyl (C=O) groups is 1. The Morgan fingerprint density at radius 3 is 2.48 bits per heavy atom. The van der Waals surface area contributed by atoms with Gasteiger partial charge in [-0.15, -0.1) is 0 Å². The van der Waals surface area contributed by atoms with Crippen LogP contribution in [0.25, 0.3) is 0 Å². The number of hydrogen-bond donors (Lipinski definition) is 1. The largest absolute Gasteiger partial charge is 0.343 e. The molecular weight excluding hydrogens is 341 g/mol. The van der Waals surface area contributed by atoms with Crippen LogP contribution < -0.4 is 5.32 Å². The molecule has 0 amide bonds. The van der Waals surface area contributed by atoms with E-state index in [1.165, 1.54) is 12.1 Å². The number of amidine groups is 1. The molecule has 1 unspecified atom stereocenters. The van der Waals surface area contributed by atoms with Crippen molar-refractivity contribution in [3.63, 3.8) is 0 Å². The van der Waals surface area contributed by atoms with Gasteiger partial charge in [0, 0.05) is 39.8 Å². The Labute approximate surface area is 151 Å². The lowest BCUT2D eigenvalue weighted by atomic mass is 9.96. The van der Waals surface area contributed by atoms with E-state index in [-0.39, 0.29) is 5.02 Å². The van der Waals surface area contributed by atoms with Gasteiger partial charge in [-0.2, -0.15) is 0 Å². The molecule has 0 aliphatic carbocycles. The first-order valence-corrected chi connectivity index (χ1v) is 8.34. The van der Waals surface area contributed by atoms with Gasteiger partial charge in [-0.3, -0.25) is 14.8 Å². The Kier molecular flexibility index (Phi) is 6.42. The summed E-state index contributed by atoms with van der Waals surface area (Å²) in [4.78, 5) is 20.1. The quantitative estimate of drug-likeness (QED) is 0.823. The van der Waals surface area contributed by atoms with Gasteiger partial charge in [-0.25, -0.2) is 4.39 Å². The predicted octanol–water partition coefficient (Wildman–Crippen LogP) is 4.46. The summed E-state index contributed by atoms with van der Waals surface area (Å²) in [5, 5.41) is 3.36. The van der Waals surface area contributed by atoms with Gasteiger partial charge in [-0.1, -0.05) is 31.5 Å². The molecule has 25 heavy (non-hydrogen) atoms. The number of benzene rings is 1. The Balaban J connectivity index is 0.00000109. The normalized spacial score (nSPS) is 16.4. The summed E-state index contributed by atoms with van der Waals surface area (Å²) in [5.41, 5.74) is 2.58. The number of aliphatic imine (C=N–C) groups is 1. The Morgan fingerprint density at radius 2 is 1.88 bits per heavy atom. The van der Waals surface area contributed by atoms with Crippen LogP contribution in [0, 0.1) is 5.82 Å². The van der Waals surface area contributed by atoms with Crippen molar-refractivity contribution in [3.8, 4) is 0 Å². The zero-order valence-electron chi connectivity index (χ0n) is 14.3. The van der Waals surface area contributed by atoms with E-state index < -0.39 is 11.9 Å². The third-order valence-electron chi connectivity index (χ3n) is 3.63. The highest BCUT2D eigenvalue weighted by Gasteiger charge is 2.26. The van der Waals surface area contributed by atoms with E-state index in [0.717, 1.165) is 11.8 Å². The molecule has 0 saturated carbocycles. The van der Waals surface area contributed by atoms with Crippen LogP contribution in [-0.2, 0) is 4.79 Å². The maximum atomic E-state index is 13.3. The van der Waals surface area contributed by atoms with E-state index in [4.69, 9.17) is 11.6 Å². The molecule has 4 nitrogen and oxygen atoms in total. The molecule has 0 saturated heterocycles. The summed E-state index contributed by atoms with van der Waals surface area (Å²) in [5.74, 6) is 0.181. The van der Waals surface area contributed by atoms with Crippen molar-refractivity contribution in [2.75, 3.05) is 0 Å². The summed E-state index contributed by atoms with van der Waals surface area (Å²) < 4.78 is 13.3. The maximum absolute atomic E-state index is 13.3. The number of pyridine rings is 1. The standard InChI is InChI=1S/C17H13ClFN3O.C2H6/c1-10-14(9-23)16(13-3-2-12(19)8-15(13)18)22-17(21-10)11-4-6-20-7-5-11;1-2/h2-9,16H,1H3,(H,21,22);1-2H3. The predicted molar refractivity (Wildman–Crippen MR) is 98.2 cm³/mol. The number of halogens is 2. The molecule has 1 atom stereocenters. The maximum Gasteiger partial charge on any atom is 0.150 e. The Hall–Kier alpha value is -2.53. The Bertz CT molecular complexity index is 819. The van der Waals surface area contributed by atoms with Crippen LogP contribution >= 0.6 is 11.6 Å². The van der Waals surface area contributed by atoms with Crippen LogP contribution in [0.3, 0.4) is 0 Å².